The number of halogens is 1. The molecular formula is C20H37IN4O4S. The number of nitrogens with zero attached hydrogens (tertiary/aromatic N) is 1. The normalized spacial score (nSPS) is 12.3. The molecule has 0 amide bonds. The number of nitrogens with one attached hydrogen (secondary N) is 3. The molecule has 0 atom stereocenters. The number of sulfonamides is 1. The minimum absolute atomic E-state index is 0. The highest BCUT2D eigenvalue weighted by atomic mass is 127. The predicted molar refractivity (Wildman–Crippen MR) is 133 cm³/mol. The Kier molecular flexibility index (Phi) is 13.5. The Labute approximate surface area is 198 Å². The largest absolute Gasteiger partial charge is 0.491 e. The van der Waals surface area contributed by atoms with Gasteiger partial charge < -0.3 is 20.1 Å². The number of guanidine groups is 1. The van der Waals surface area contributed by atoms with Crippen LogP contribution in [-0.4, -0.2) is 59.1 Å². The van der Waals surface area contributed by atoms with Gasteiger partial charge in [-0.05, 0) is 46.2 Å². The Morgan fingerprint density at radius 2 is 1.87 bits per heavy atom. The summed E-state index contributed by atoms with van der Waals surface area (Å²) in [4.78, 5) is 4.62. The van der Waals surface area contributed by atoms with Gasteiger partial charge in [-0.1, -0.05) is 12.1 Å². The first kappa shape index (κ1) is 28.9. The van der Waals surface area contributed by atoms with Crippen molar-refractivity contribution in [3.05, 3.63) is 29.3 Å². The Morgan fingerprint density at radius 3 is 2.47 bits per heavy atom. The summed E-state index contributed by atoms with van der Waals surface area (Å²) in [5.41, 5.74) is 1.43. The molecular weight excluding hydrogens is 519 g/mol. The van der Waals surface area contributed by atoms with Crippen molar-refractivity contribution < 1.29 is 17.9 Å². The molecule has 0 fully saturated rings. The Balaban J connectivity index is 0.00000841. The molecule has 8 nitrogen and oxygen atoms in total. The Morgan fingerprint density at radius 1 is 1.17 bits per heavy atom. The van der Waals surface area contributed by atoms with Crippen molar-refractivity contribution in [2.45, 2.75) is 46.7 Å². The van der Waals surface area contributed by atoms with Crippen molar-refractivity contribution in [3.8, 4) is 5.75 Å². The van der Waals surface area contributed by atoms with E-state index in [9.17, 15) is 8.42 Å². The lowest BCUT2D eigenvalue weighted by atomic mass is 10.1. The third-order valence-electron chi connectivity index (χ3n) is 3.82. The van der Waals surface area contributed by atoms with E-state index in [-0.39, 0.29) is 24.0 Å². The van der Waals surface area contributed by atoms with E-state index in [1.807, 2.05) is 52.8 Å². The number of hydrogen-bond acceptors (Lipinski definition) is 5. The lowest BCUT2D eigenvalue weighted by Gasteiger charge is -2.26. The summed E-state index contributed by atoms with van der Waals surface area (Å²) in [5.74, 6) is 1.40. The smallest absolute Gasteiger partial charge is 0.209 e. The van der Waals surface area contributed by atoms with Crippen LogP contribution in [0.3, 0.4) is 0 Å². The molecule has 0 unspecified atom stereocenters. The second-order valence-corrected chi connectivity index (χ2v) is 9.21. The standard InChI is InChI=1S/C20H36N4O4S.HI/c1-7-21-19(23-15-20(4,5)24-29(6,25)26)22-14-17-10-9-16(3)13-18(17)28-12-11-27-8-2;/h9-10,13,24H,7-8,11-12,14-15H2,1-6H3,(H2,21,22,23);1H. The van der Waals surface area contributed by atoms with Crippen LogP contribution in [0.15, 0.2) is 23.2 Å². The molecule has 1 rings (SSSR count). The number of ether oxygens (including phenoxy) is 2. The van der Waals surface area contributed by atoms with Crippen LogP contribution in [0.4, 0.5) is 0 Å². The second kappa shape index (κ2) is 14.0. The van der Waals surface area contributed by atoms with Crippen molar-refractivity contribution in [2.24, 2.45) is 4.99 Å². The summed E-state index contributed by atoms with van der Waals surface area (Å²) < 4.78 is 36.8. The van der Waals surface area contributed by atoms with Crippen molar-refractivity contribution >= 4 is 40.0 Å². The Hall–Kier alpha value is -1.11. The van der Waals surface area contributed by atoms with Gasteiger partial charge in [0.25, 0.3) is 0 Å². The molecule has 0 saturated carbocycles. The highest BCUT2D eigenvalue weighted by Crippen LogP contribution is 2.21. The van der Waals surface area contributed by atoms with Crippen LogP contribution in [0.1, 0.15) is 38.8 Å². The van der Waals surface area contributed by atoms with Crippen LogP contribution >= 0.6 is 24.0 Å². The molecule has 0 aliphatic rings. The SMILES string of the molecule is CCNC(=NCc1ccc(C)cc1OCCOCC)NCC(C)(C)NS(C)(=O)=O.I. The average Bonchev–Trinajstić information content (AvgIpc) is 2.60. The van der Waals surface area contributed by atoms with Gasteiger partial charge >= 0.3 is 0 Å². The fraction of sp³-hybridized carbons (Fsp3) is 0.650. The molecule has 1 aromatic rings. The maximum Gasteiger partial charge on any atom is 0.209 e. The summed E-state index contributed by atoms with van der Waals surface area (Å²) in [6.07, 6.45) is 1.15. The summed E-state index contributed by atoms with van der Waals surface area (Å²) >= 11 is 0. The lowest BCUT2D eigenvalue weighted by Crippen LogP contribution is -2.53. The van der Waals surface area contributed by atoms with Crippen molar-refractivity contribution in [3.63, 3.8) is 0 Å². The molecule has 0 aliphatic heterocycles. The van der Waals surface area contributed by atoms with Gasteiger partial charge in [0.1, 0.15) is 12.4 Å². The van der Waals surface area contributed by atoms with Gasteiger partial charge in [-0.2, -0.15) is 0 Å². The fourth-order valence-electron chi connectivity index (χ4n) is 2.63. The van der Waals surface area contributed by atoms with Gasteiger partial charge in [0, 0.05) is 30.8 Å². The molecule has 3 N–H and O–H groups in total. The highest BCUT2D eigenvalue weighted by molar-refractivity contribution is 14.0. The summed E-state index contributed by atoms with van der Waals surface area (Å²) in [7, 11) is -3.30. The van der Waals surface area contributed by atoms with E-state index in [1.165, 1.54) is 0 Å². The van der Waals surface area contributed by atoms with E-state index < -0.39 is 15.6 Å². The van der Waals surface area contributed by atoms with E-state index in [1.54, 1.807) is 0 Å². The molecule has 0 bridgehead atoms. The van der Waals surface area contributed by atoms with Gasteiger partial charge in [-0.25, -0.2) is 18.1 Å². The van der Waals surface area contributed by atoms with Crippen LogP contribution in [0.5, 0.6) is 5.75 Å². The van der Waals surface area contributed by atoms with E-state index in [0.717, 1.165) is 23.1 Å². The number of aryl methyl sites for hydroxylation is 1. The Bertz CT molecular complexity index is 770. The van der Waals surface area contributed by atoms with Crippen LogP contribution < -0.4 is 20.1 Å². The van der Waals surface area contributed by atoms with Crippen molar-refractivity contribution in [2.75, 3.05) is 39.2 Å². The zero-order chi connectivity index (χ0) is 21.9. The quantitative estimate of drug-likeness (QED) is 0.158. The maximum atomic E-state index is 11.5. The molecule has 30 heavy (non-hydrogen) atoms. The molecule has 10 heteroatoms. The van der Waals surface area contributed by atoms with Crippen LogP contribution in [0, 0.1) is 6.92 Å². The highest BCUT2D eigenvalue weighted by Gasteiger charge is 2.22. The molecule has 0 aromatic heterocycles. The number of aliphatic imine (C=N–C) groups is 1. The van der Waals surface area contributed by atoms with E-state index in [0.29, 0.717) is 45.4 Å². The van der Waals surface area contributed by atoms with Crippen LogP contribution in [-0.2, 0) is 21.3 Å². The van der Waals surface area contributed by atoms with E-state index in [4.69, 9.17) is 9.47 Å². The first-order chi connectivity index (χ1) is 13.6. The molecule has 174 valence electrons. The number of hydrogen-bond donors (Lipinski definition) is 3. The summed E-state index contributed by atoms with van der Waals surface area (Å²) in [5, 5.41) is 6.38. The fourth-order valence-corrected chi connectivity index (χ4v) is 3.71. The molecule has 0 spiro atoms. The first-order valence-electron chi connectivity index (χ1n) is 9.87. The number of benzene rings is 1. The molecule has 1 aromatic carbocycles. The minimum atomic E-state index is -3.30. The van der Waals surface area contributed by atoms with Gasteiger partial charge in [-0.15, -0.1) is 24.0 Å². The second-order valence-electron chi connectivity index (χ2n) is 7.46. The van der Waals surface area contributed by atoms with Gasteiger partial charge in [-0.3, -0.25) is 0 Å². The van der Waals surface area contributed by atoms with Gasteiger partial charge in [0.05, 0.1) is 19.4 Å². The predicted octanol–water partition coefficient (Wildman–Crippen LogP) is 2.41. The van der Waals surface area contributed by atoms with Gasteiger partial charge in [0.2, 0.25) is 10.0 Å². The molecule has 0 aliphatic carbocycles. The lowest BCUT2D eigenvalue weighted by molar-refractivity contribution is 0.110. The molecule has 0 radical (unpaired) electrons. The van der Waals surface area contributed by atoms with E-state index in [2.05, 4.69) is 20.3 Å². The number of rotatable bonds is 12. The zero-order valence-corrected chi connectivity index (χ0v) is 22.0. The van der Waals surface area contributed by atoms with Crippen molar-refractivity contribution in [1.82, 2.24) is 15.4 Å². The molecule has 0 saturated heterocycles. The summed E-state index contributed by atoms with van der Waals surface area (Å²) in [6, 6.07) is 6.03. The molecule has 0 heterocycles. The third kappa shape index (κ3) is 12.6. The van der Waals surface area contributed by atoms with Crippen LogP contribution in [0.25, 0.3) is 0 Å². The topological polar surface area (TPSA) is 101 Å². The third-order valence-corrected chi connectivity index (χ3v) is 4.75. The monoisotopic (exact) mass is 556 g/mol. The van der Waals surface area contributed by atoms with E-state index >= 15 is 0 Å². The van der Waals surface area contributed by atoms with Crippen molar-refractivity contribution in [1.29, 1.82) is 0 Å². The maximum absolute atomic E-state index is 11.5. The minimum Gasteiger partial charge on any atom is -0.491 e. The zero-order valence-electron chi connectivity index (χ0n) is 18.9. The average molecular weight is 557 g/mol. The van der Waals surface area contributed by atoms with Crippen LogP contribution in [0.2, 0.25) is 0 Å². The summed E-state index contributed by atoms with van der Waals surface area (Å²) in [6.45, 7) is 12.8. The first-order valence-corrected chi connectivity index (χ1v) is 11.8. The van der Waals surface area contributed by atoms with Gasteiger partial charge in [0.15, 0.2) is 5.96 Å².